The first kappa shape index (κ1) is 73.8. The van der Waals surface area contributed by atoms with Crippen molar-refractivity contribution in [3.8, 4) is 0 Å². The lowest BCUT2D eigenvalue weighted by Gasteiger charge is -2.28. The van der Waals surface area contributed by atoms with Crippen molar-refractivity contribution >= 4 is 0 Å². The summed E-state index contributed by atoms with van der Waals surface area (Å²) in [7, 11) is 1.29. The fourth-order valence-electron chi connectivity index (χ4n) is 6.92. The molecule has 0 saturated carbocycles. The summed E-state index contributed by atoms with van der Waals surface area (Å²) in [5.74, 6) is -7.68. The predicted octanol–water partition coefficient (Wildman–Crippen LogP) is 20.5. The third-order valence-corrected chi connectivity index (χ3v) is 7.62. The molecular weight excluding hydrogens is 781 g/mol. The maximum absolute atomic E-state index is 13.3. The van der Waals surface area contributed by atoms with Crippen LogP contribution in [0, 0.1) is 37.9 Å². The molecule has 0 fully saturated rings. The number of hydrogen-bond donors (Lipinski definition) is 0. The van der Waals surface area contributed by atoms with Gasteiger partial charge >= 0.3 is 0 Å². The van der Waals surface area contributed by atoms with E-state index in [2.05, 4.69) is 87.8 Å². The number of rotatable bonds is 10. The van der Waals surface area contributed by atoms with Crippen LogP contribution in [-0.4, -0.2) is 42.8 Å². The molecule has 0 amide bonds. The predicted molar refractivity (Wildman–Crippen MR) is 253 cm³/mol. The summed E-state index contributed by atoms with van der Waals surface area (Å²) >= 11 is 0. The quantitative estimate of drug-likeness (QED) is 0.199. The molecular formula is C51H108F8O. The van der Waals surface area contributed by atoms with E-state index in [0.29, 0.717) is 36.5 Å². The molecule has 0 aromatic heterocycles. The van der Waals surface area contributed by atoms with Crippen LogP contribution in [0.1, 0.15) is 252 Å². The molecule has 0 aliphatic rings. The molecule has 0 rings (SSSR count). The summed E-state index contributed by atoms with van der Waals surface area (Å²) in [5, 5.41) is 0. The molecule has 0 spiro atoms. The highest BCUT2D eigenvalue weighted by Crippen LogP contribution is 2.36. The van der Waals surface area contributed by atoms with Gasteiger partial charge in [-0.1, -0.05) is 174 Å². The van der Waals surface area contributed by atoms with Gasteiger partial charge in [0, 0.05) is 32.8 Å². The van der Waals surface area contributed by atoms with Crippen LogP contribution < -0.4 is 0 Å². The van der Waals surface area contributed by atoms with Crippen LogP contribution in [0.3, 0.4) is 0 Å². The lowest BCUT2D eigenvalue weighted by Crippen LogP contribution is -2.28. The van der Waals surface area contributed by atoms with E-state index in [1.54, 1.807) is 34.6 Å². The molecule has 0 saturated heterocycles. The van der Waals surface area contributed by atoms with Gasteiger partial charge < -0.3 is 4.74 Å². The van der Waals surface area contributed by atoms with Crippen LogP contribution in [0.2, 0.25) is 0 Å². The Morgan fingerprint density at radius 3 is 0.600 bits per heavy atom. The highest BCUT2D eigenvalue weighted by molar-refractivity contribution is 4.79. The third-order valence-electron chi connectivity index (χ3n) is 7.62. The third kappa shape index (κ3) is 77.9. The summed E-state index contributed by atoms with van der Waals surface area (Å²) < 4.78 is 106. The fourth-order valence-corrected chi connectivity index (χ4v) is 6.92. The molecule has 0 heterocycles. The van der Waals surface area contributed by atoms with Gasteiger partial charge in [0.05, 0.1) is 0 Å². The summed E-state index contributed by atoms with van der Waals surface area (Å²) in [6.45, 7) is 51.6. The van der Waals surface area contributed by atoms with Crippen LogP contribution in [-0.2, 0) is 4.74 Å². The highest BCUT2D eigenvalue weighted by atomic mass is 19.3. The average molecular weight is 889 g/mol. The standard InChI is InChI=1S/2C9H19F.C9H20.C8H16F2O.C8H16F2.C7H14F2.CH4/c2*1-6-9(5,10)7-8(2,3)4;1-8(2,3)7-9(4,5)6;1-7(2,3)5-8(9,10)6-11-4;1-5-8(9,10)6-7(2,3)4;1-6(2,3)5-7(4,8)9;/h2*6-7H2,1-5H3;7H2,1-6H3;5-6H2,1-4H3;5-6H2,1-4H3;5H2,1-4H3;1H4. The topological polar surface area (TPSA) is 9.23 Å². The molecule has 60 heavy (non-hydrogen) atoms. The first-order valence-electron chi connectivity index (χ1n) is 22.0. The maximum atomic E-state index is 13.3. The Bertz CT molecular complexity index is 891. The largest absolute Gasteiger partial charge is 0.378 e. The first-order chi connectivity index (χ1) is 25.0. The summed E-state index contributed by atoms with van der Waals surface area (Å²) in [4.78, 5) is 0. The van der Waals surface area contributed by atoms with Gasteiger partial charge in [-0.15, -0.1) is 0 Å². The van der Waals surface area contributed by atoms with E-state index in [-0.39, 0.29) is 60.2 Å². The lowest BCUT2D eigenvalue weighted by molar-refractivity contribution is -0.0885. The molecule has 2 unspecified atom stereocenters. The molecule has 0 N–H and O–H groups in total. The monoisotopic (exact) mass is 889 g/mol. The van der Waals surface area contributed by atoms with Gasteiger partial charge in [0.25, 0.3) is 5.92 Å². The van der Waals surface area contributed by atoms with Gasteiger partial charge in [-0.3, -0.25) is 0 Å². The van der Waals surface area contributed by atoms with Crippen molar-refractivity contribution in [1.82, 2.24) is 0 Å². The zero-order valence-electron chi connectivity index (χ0n) is 44.5. The number of alkyl halides is 8. The van der Waals surface area contributed by atoms with Crippen LogP contribution in [0.15, 0.2) is 0 Å². The van der Waals surface area contributed by atoms with Crippen molar-refractivity contribution in [2.75, 3.05) is 13.7 Å². The van der Waals surface area contributed by atoms with E-state index in [1.807, 2.05) is 55.4 Å². The van der Waals surface area contributed by atoms with Gasteiger partial charge in [-0.25, -0.2) is 35.1 Å². The smallest absolute Gasteiger partial charge is 0.271 e. The Labute approximate surface area is 371 Å². The minimum Gasteiger partial charge on any atom is -0.378 e. The first-order valence-corrected chi connectivity index (χ1v) is 22.0. The molecule has 9 heteroatoms. The van der Waals surface area contributed by atoms with Gasteiger partial charge in [-0.2, -0.15) is 0 Å². The molecule has 0 aliphatic carbocycles. The highest BCUT2D eigenvalue weighted by Gasteiger charge is 2.35. The zero-order valence-corrected chi connectivity index (χ0v) is 44.5. The number of hydrogen-bond acceptors (Lipinski definition) is 1. The Morgan fingerprint density at radius 2 is 0.517 bits per heavy atom. The van der Waals surface area contributed by atoms with Crippen molar-refractivity contribution in [2.24, 2.45) is 37.9 Å². The normalized spacial score (nSPS) is 15.2. The van der Waals surface area contributed by atoms with E-state index in [4.69, 9.17) is 0 Å². The second-order valence-corrected chi connectivity index (χ2v) is 26.1. The summed E-state index contributed by atoms with van der Waals surface area (Å²) in [5.41, 5.74) is -1.63. The van der Waals surface area contributed by atoms with Gasteiger partial charge in [0.15, 0.2) is 0 Å². The molecule has 0 radical (unpaired) electrons. The molecule has 374 valence electrons. The Kier molecular flexibility index (Phi) is 34.8. The SMILES string of the molecule is C.CC(C)(C)CC(C)(C)C.CC(C)(C)CC(C)(F)F.CCC(C)(F)CC(C)(C)C.CCC(C)(F)CC(C)(C)C.CCC(F)(F)CC(C)(C)C.COCC(F)(F)CC(C)(C)C. The van der Waals surface area contributed by atoms with Crippen LogP contribution >= 0.6 is 0 Å². The number of halogens is 8. The zero-order chi connectivity index (χ0) is 49.8. The van der Waals surface area contributed by atoms with Crippen molar-refractivity contribution < 1.29 is 39.9 Å². The lowest BCUT2D eigenvalue weighted by atomic mass is 9.78. The Morgan fingerprint density at radius 1 is 0.300 bits per heavy atom. The number of ether oxygens (including phenoxy) is 1. The average Bonchev–Trinajstić information content (AvgIpc) is 2.80. The summed E-state index contributed by atoms with van der Waals surface area (Å²) in [6, 6.07) is 0. The van der Waals surface area contributed by atoms with E-state index < -0.39 is 35.7 Å². The Balaban J connectivity index is -0.000000112. The molecule has 0 bridgehead atoms. The molecule has 0 aromatic carbocycles. The number of methoxy groups -OCH3 is 1. The Hall–Kier alpha value is -0.600. The fraction of sp³-hybridized carbons (Fsp3) is 1.00. The molecule has 2 atom stereocenters. The second-order valence-electron chi connectivity index (χ2n) is 26.1. The maximum Gasteiger partial charge on any atom is 0.271 e. The minimum absolute atomic E-state index is 0. The van der Waals surface area contributed by atoms with Crippen LogP contribution in [0.5, 0.6) is 0 Å². The van der Waals surface area contributed by atoms with Gasteiger partial charge in [0.1, 0.15) is 17.9 Å². The van der Waals surface area contributed by atoms with Crippen LogP contribution in [0.4, 0.5) is 35.1 Å². The van der Waals surface area contributed by atoms with Gasteiger partial charge in [-0.05, 0) is 90.8 Å². The minimum atomic E-state index is -2.69. The summed E-state index contributed by atoms with van der Waals surface area (Å²) in [6.07, 6.45) is 3.58. The van der Waals surface area contributed by atoms with Crippen molar-refractivity contribution in [1.29, 1.82) is 0 Å². The molecule has 0 aliphatic heterocycles. The van der Waals surface area contributed by atoms with Crippen LogP contribution in [0.25, 0.3) is 0 Å². The van der Waals surface area contributed by atoms with Crippen molar-refractivity contribution in [2.45, 2.75) is 281 Å². The van der Waals surface area contributed by atoms with E-state index >= 15 is 0 Å². The van der Waals surface area contributed by atoms with Crippen molar-refractivity contribution in [3.63, 3.8) is 0 Å². The van der Waals surface area contributed by atoms with E-state index in [1.165, 1.54) is 20.5 Å². The van der Waals surface area contributed by atoms with E-state index in [0.717, 1.165) is 6.92 Å². The van der Waals surface area contributed by atoms with E-state index in [9.17, 15) is 35.1 Å². The second kappa shape index (κ2) is 28.3. The molecule has 0 aromatic rings. The van der Waals surface area contributed by atoms with Crippen molar-refractivity contribution in [3.05, 3.63) is 0 Å². The molecule has 1 nitrogen and oxygen atoms in total. The van der Waals surface area contributed by atoms with Gasteiger partial charge in [0.2, 0.25) is 11.8 Å².